The molecule has 1 aliphatic rings. The number of carbonyl (C=O) groups is 2. The molecule has 8 nitrogen and oxygen atoms in total. The Morgan fingerprint density at radius 3 is 2.34 bits per heavy atom. The number of rotatable bonds is 10. The number of carbonyl (C=O) groups excluding carboxylic acids is 2. The fraction of sp³-hybridized carbons (Fsp3) is 0.417. The van der Waals surface area contributed by atoms with E-state index in [1.807, 2.05) is 30.3 Å². The standard InChI is InChI=1S/C24H31N3O5/c1-30-18-8-6-17(7-9-18)27(14-12-23(25)28)24(29)16-26-13-4-5-21(26)20-11-10-19(31-2)15-22(20)32-3/h6-11,15,21H,4-5,12-14,16H2,1-3H3,(H2,25,28)/t21-/m1/s1. The van der Waals surface area contributed by atoms with Crippen LogP contribution in [0.15, 0.2) is 42.5 Å². The smallest absolute Gasteiger partial charge is 0.241 e. The van der Waals surface area contributed by atoms with Gasteiger partial charge in [0.15, 0.2) is 0 Å². The van der Waals surface area contributed by atoms with Gasteiger partial charge in [-0.2, -0.15) is 0 Å². The molecular weight excluding hydrogens is 410 g/mol. The van der Waals surface area contributed by atoms with Crippen molar-refractivity contribution in [3.8, 4) is 17.2 Å². The van der Waals surface area contributed by atoms with Crippen LogP contribution < -0.4 is 24.8 Å². The molecule has 32 heavy (non-hydrogen) atoms. The van der Waals surface area contributed by atoms with Gasteiger partial charge in [0.2, 0.25) is 11.8 Å². The number of ether oxygens (including phenoxy) is 3. The molecule has 2 aromatic rings. The van der Waals surface area contributed by atoms with E-state index in [9.17, 15) is 9.59 Å². The van der Waals surface area contributed by atoms with Crippen molar-refractivity contribution in [2.45, 2.75) is 25.3 Å². The van der Waals surface area contributed by atoms with Crippen molar-refractivity contribution in [2.75, 3.05) is 45.9 Å². The fourth-order valence-corrected chi connectivity index (χ4v) is 4.10. The van der Waals surface area contributed by atoms with Gasteiger partial charge in [0.05, 0.1) is 27.9 Å². The van der Waals surface area contributed by atoms with Crippen LogP contribution >= 0.6 is 0 Å². The topological polar surface area (TPSA) is 94.3 Å². The third kappa shape index (κ3) is 5.50. The first kappa shape index (κ1) is 23.4. The molecule has 1 aliphatic heterocycles. The van der Waals surface area contributed by atoms with Crippen molar-refractivity contribution >= 4 is 17.5 Å². The molecule has 1 saturated heterocycles. The molecule has 0 unspecified atom stereocenters. The summed E-state index contributed by atoms with van der Waals surface area (Å²) in [4.78, 5) is 28.5. The number of anilines is 1. The molecule has 0 radical (unpaired) electrons. The van der Waals surface area contributed by atoms with E-state index in [-0.39, 0.29) is 31.5 Å². The number of nitrogens with two attached hydrogens (primary N) is 1. The van der Waals surface area contributed by atoms with Gasteiger partial charge in [-0.25, -0.2) is 0 Å². The summed E-state index contributed by atoms with van der Waals surface area (Å²) in [6, 6.07) is 13.0. The summed E-state index contributed by atoms with van der Waals surface area (Å²) in [5.74, 6) is 1.63. The Bertz CT molecular complexity index is 932. The predicted molar refractivity (Wildman–Crippen MR) is 122 cm³/mol. The number of amides is 2. The zero-order chi connectivity index (χ0) is 23.1. The molecule has 3 rings (SSSR count). The Balaban J connectivity index is 1.80. The van der Waals surface area contributed by atoms with Gasteiger partial charge in [0.25, 0.3) is 0 Å². The predicted octanol–water partition coefficient (Wildman–Crippen LogP) is 2.76. The second-order valence-electron chi connectivity index (χ2n) is 7.70. The van der Waals surface area contributed by atoms with E-state index in [1.165, 1.54) is 0 Å². The maximum Gasteiger partial charge on any atom is 0.241 e. The number of methoxy groups -OCH3 is 3. The van der Waals surface area contributed by atoms with E-state index >= 15 is 0 Å². The van der Waals surface area contributed by atoms with Crippen molar-refractivity contribution in [2.24, 2.45) is 5.73 Å². The van der Waals surface area contributed by atoms with Crippen LogP contribution in [0.2, 0.25) is 0 Å². The normalized spacial score (nSPS) is 15.9. The number of benzene rings is 2. The van der Waals surface area contributed by atoms with Gasteiger partial charge >= 0.3 is 0 Å². The first-order valence-electron chi connectivity index (χ1n) is 10.7. The van der Waals surface area contributed by atoms with E-state index in [2.05, 4.69) is 4.90 Å². The highest BCUT2D eigenvalue weighted by Gasteiger charge is 2.31. The molecule has 1 atom stereocenters. The molecule has 0 bridgehead atoms. The van der Waals surface area contributed by atoms with Crippen molar-refractivity contribution in [3.63, 3.8) is 0 Å². The van der Waals surface area contributed by atoms with Crippen LogP contribution in [0.4, 0.5) is 5.69 Å². The van der Waals surface area contributed by atoms with Crippen LogP contribution in [-0.2, 0) is 9.59 Å². The van der Waals surface area contributed by atoms with Crippen LogP contribution in [0.5, 0.6) is 17.2 Å². The van der Waals surface area contributed by atoms with Crippen LogP contribution in [0.1, 0.15) is 30.9 Å². The minimum absolute atomic E-state index is 0.0636. The summed E-state index contributed by atoms with van der Waals surface area (Å²) < 4.78 is 16.1. The molecule has 1 heterocycles. The lowest BCUT2D eigenvalue weighted by atomic mass is 10.0. The Hall–Kier alpha value is -3.26. The molecule has 8 heteroatoms. The van der Waals surface area contributed by atoms with Gasteiger partial charge < -0.3 is 24.8 Å². The number of likely N-dealkylation sites (tertiary alicyclic amines) is 1. The lowest BCUT2D eigenvalue weighted by Crippen LogP contribution is -2.41. The fourth-order valence-electron chi connectivity index (χ4n) is 4.10. The minimum Gasteiger partial charge on any atom is -0.497 e. The summed E-state index contributed by atoms with van der Waals surface area (Å²) in [6.45, 7) is 1.26. The summed E-state index contributed by atoms with van der Waals surface area (Å²) in [6.07, 6.45) is 2.00. The second kappa shape index (κ2) is 10.9. The van der Waals surface area contributed by atoms with Crippen molar-refractivity contribution in [1.29, 1.82) is 0 Å². The van der Waals surface area contributed by atoms with Crippen molar-refractivity contribution < 1.29 is 23.8 Å². The van der Waals surface area contributed by atoms with Gasteiger partial charge in [-0.3, -0.25) is 14.5 Å². The zero-order valence-electron chi connectivity index (χ0n) is 18.9. The number of primary amides is 1. The van der Waals surface area contributed by atoms with E-state index in [4.69, 9.17) is 19.9 Å². The molecule has 2 aromatic carbocycles. The van der Waals surface area contributed by atoms with Crippen LogP contribution in [0, 0.1) is 0 Å². The SMILES string of the molecule is COc1ccc(N(CCC(N)=O)C(=O)CN2CCC[C@@H]2c2ccc(OC)cc2OC)cc1. The maximum absolute atomic E-state index is 13.3. The molecule has 172 valence electrons. The largest absolute Gasteiger partial charge is 0.497 e. The molecular formula is C24H31N3O5. The Morgan fingerprint density at radius 1 is 1.03 bits per heavy atom. The van der Waals surface area contributed by atoms with Crippen LogP contribution in [0.3, 0.4) is 0 Å². The monoisotopic (exact) mass is 441 g/mol. The van der Waals surface area contributed by atoms with Crippen LogP contribution in [0.25, 0.3) is 0 Å². The lowest BCUT2D eigenvalue weighted by molar-refractivity contribution is -0.120. The number of nitrogens with zero attached hydrogens (tertiary/aromatic N) is 2. The van der Waals surface area contributed by atoms with Crippen LogP contribution in [-0.4, -0.2) is 57.7 Å². The molecule has 0 aliphatic carbocycles. The number of hydrogen-bond donors (Lipinski definition) is 1. The first-order valence-corrected chi connectivity index (χ1v) is 10.7. The summed E-state index contributed by atoms with van der Waals surface area (Å²) in [5, 5.41) is 0. The van der Waals surface area contributed by atoms with E-state index in [0.717, 1.165) is 36.4 Å². The second-order valence-corrected chi connectivity index (χ2v) is 7.70. The van der Waals surface area contributed by atoms with Gasteiger partial charge in [0, 0.05) is 36.3 Å². The molecule has 2 N–H and O–H groups in total. The van der Waals surface area contributed by atoms with Crippen molar-refractivity contribution in [3.05, 3.63) is 48.0 Å². The van der Waals surface area contributed by atoms with Gasteiger partial charge in [-0.05, 0) is 49.7 Å². The molecule has 1 fully saturated rings. The minimum atomic E-state index is -0.446. The number of hydrogen-bond acceptors (Lipinski definition) is 6. The third-order valence-electron chi connectivity index (χ3n) is 5.77. The molecule has 2 amide bonds. The molecule has 0 spiro atoms. The van der Waals surface area contributed by atoms with Crippen molar-refractivity contribution in [1.82, 2.24) is 4.90 Å². The quantitative estimate of drug-likeness (QED) is 0.609. The van der Waals surface area contributed by atoms with E-state index < -0.39 is 5.91 Å². The Labute approximate surface area is 188 Å². The average molecular weight is 442 g/mol. The summed E-state index contributed by atoms with van der Waals surface area (Å²) in [5.41, 5.74) is 7.09. The Kier molecular flexibility index (Phi) is 7.94. The highest BCUT2D eigenvalue weighted by Crippen LogP contribution is 2.38. The zero-order valence-corrected chi connectivity index (χ0v) is 18.9. The van der Waals surface area contributed by atoms with Gasteiger partial charge in [-0.15, -0.1) is 0 Å². The van der Waals surface area contributed by atoms with Gasteiger partial charge in [-0.1, -0.05) is 6.07 Å². The third-order valence-corrected chi connectivity index (χ3v) is 5.77. The summed E-state index contributed by atoms with van der Waals surface area (Å²) in [7, 11) is 4.85. The van der Waals surface area contributed by atoms with E-state index in [0.29, 0.717) is 11.4 Å². The average Bonchev–Trinajstić information content (AvgIpc) is 3.26. The van der Waals surface area contributed by atoms with E-state index in [1.54, 1.807) is 38.4 Å². The Morgan fingerprint density at radius 2 is 1.72 bits per heavy atom. The van der Waals surface area contributed by atoms with Gasteiger partial charge in [0.1, 0.15) is 17.2 Å². The molecule has 0 saturated carbocycles. The maximum atomic E-state index is 13.3. The lowest BCUT2D eigenvalue weighted by Gasteiger charge is -2.29. The highest BCUT2D eigenvalue weighted by molar-refractivity contribution is 5.95. The first-order chi connectivity index (χ1) is 15.5. The molecule has 0 aromatic heterocycles. The highest BCUT2D eigenvalue weighted by atomic mass is 16.5. The summed E-state index contributed by atoms with van der Waals surface area (Å²) >= 11 is 0.